The van der Waals surface area contributed by atoms with Crippen LogP contribution in [-0.2, 0) is 22.4 Å². The molecule has 6 N–H and O–H groups in total. The SMILES string of the molecule is C=C(/N=C(/N)C(=C(N)N)N(Cc1cccc(C(=O)OC)c1)C(=O)OC)n1nc(Cc2ccccc2F)c2ncc(F)cc21. The summed E-state index contributed by atoms with van der Waals surface area (Å²) < 4.78 is 39.5. The molecule has 0 unspecified atom stereocenters. The number of carbonyl (C=O) groups excluding carboxylic acids is 2. The molecule has 2 heterocycles. The molecule has 12 nitrogen and oxygen atoms in total. The number of nitrogens with zero attached hydrogens (tertiary/aromatic N) is 5. The van der Waals surface area contributed by atoms with E-state index in [4.69, 9.17) is 26.7 Å². The van der Waals surface area contributed by atoms with E-state index in [1.165, 1.54) is 36.1 Å². The highest BCUT2D eigenvalue weighted by Crippen LogP contribution is 2.24. The molecule has 2 aromatic heterocycles. The number of ether oxygens (including phenoxy) is 2. The second-order valence-electron chi connectivity index (χ2n) is 9.11. The van der Waals surface area contributed by atoms with Crippen molar-refractivity contribution in [2.24, 2.45) is 22.2 Å². The third kappa shape index (κ3) is 6.59. The molecule has 222 valence electrons. The standard InChI is InChI=1S/C29H28F2N8O4/c1-16(39-23-13-20(30)14-35-24(23)22(37-39)12-18-8-4-5-10-21(18)31)36-27(34)25(26(32)33)38(29(41)43-3)15-17-7-6-9-19(11-17)28(40)42-2/h4-11,13-14H,1,12,15,32-33H2,2-3H3,(H2,34,36). The molecule has 0 spiro atoms. The number of aromatic nitrogens is 3. The molecule has 0 saturated heterocycles. The molecule has 4 aromatic rings. The Hall–Kier alpha value is -5.79. The largest absolute Gasteiger partial charge is 0.465 e. The van der Waals surface area contributed by atoms with Gasteiger partial charge in [-0.05, 0) is 29.3 Å². The van der Waals surface area contributed by atoms with Crippen molar-refractivity contribution >= 4 is 34.8 Å². The predicted molar refractivity (Wildman–Crippen MR) is 155 cm³/mol. The summed E-state index contributed by atoms with van der Waals surface area (Å²) in [4.78, 5) is 34.3. The summed E-state index contributed by atoms with van der Waals surface area (Å²) in [5, 5.41) is 4.45. The Kier molecular flexibility index (Phi) is 8.99. The number of hydrogen-bond acceptors (Lipinski definition) is 9. The van der Waals surface area contributed by atoms with E-state index in [0.717, 1.165) is 18.2 Å². The first-order chi connectivity index (χ1) is 20.5. The van der Waals surface area contributed by atoms with Gasteiger partial charge in [0.1, 0.15) is 34.5 Å². The second kappa shape index (κ2) is 12.8. The third-order valence-electron chi connectivity index (χ3n) is 6.24. The third-order valence-corrected chi connectivity index (χ3v) is 6.24. The zero-order valence-electron chi connectivity index (χ0n) is 23.3. The highest BCUT2D eigenvalue weighted by atomic mass is 19.1. The lowest BCUT2D eigenvalue weighted by atomic mass is 10.1. The molecule has 0 aliphatic carbocycles. The number of halogens is 2. The van der Waals surface area contributed by atoms with Crippen LogP contribution in [0, 0.1) is 11.6 Å². The highest BCUT2D eigenvalue weighted by Gasteiger charge is 2.26. The molecule has 4 rings (SSSR count). The Morgan fingerprint density at radius 2 is 1.79 bits per heavy atom. The Morgan fingerprint density at radius 1 is 1.05 bits per heavy atom. The van der Waals surface area contributed by atoms with E-state index >= 15 is 0 Å². The number of esters is 1. The lowest BCUT2D eigenvalue weighted by Gasteiger charge is -2.25. The molecular weight excluding hydrogens is 562 g/mol. The number of nitrogens with two attached hydrogens (primary N) is 3. The number of hydrogen-bond donors (Lipinski definition) is 3. The van der Waals surface area contributed by atoms with Crippen LogP contribution >= 0.6 is 0 Å². The molecule has 2 aromatic carbocycles. The molecule has 1 amide bonds. The number of benzene rings is 2. The average molecular weight is 591 g/mol. The Labute approximate surface area is 244 Å². The minimum absolute atomic E-state index is 0.0446. The van der Waals surface area contributed by atoms with E-state index in [0.29, 0.717) is 16.8 Å². The summed E-state index contributed by atoms with van der Waals surface area (Å²) in [6, 6.07) is 13.6. The van der Waals surface area contributed by atoms with Gasteiger partial charge in [0.2, 0.25) is 0 Å². The van der Waals surface area contributed by atoms with Gasteiger partial charge in [0.15, 0.2) is 5.84 Å². The van der Waals surface area contributed by atoms with Crippen molar-refractivity contribution in [3.05, 3.63) is 113 Å². The fourth-order valence-electron chi connectivity index (χ4n) is 4.30. The molecule has 0 bridgehead atoms. The van der Waals surface area contributed by atoms with Crippen molar-refractivity contribution in [2.75, 3.05) is 14.2 Å². The van der Waals surface area contributed by atoms with E-state index in [-0.39, 0.29) is 52.7 Å². The normalized spacial score (nSPS) is 11.2. The van der Waals surface area contributed by atoms with Crippen LogP contribution in [0.2, 0.25) is 0 Å². The van der Waals surface area contributed by atoms with Crippen molar-refractivity contribution < 1.29 is 27.8 Å². The minimum Gasteiger partial charge on any atom is -0.465 e. The summed E-state index contributed by atoms with van der Waals surface area (Å²) >= 11 is 0. The minimum atomic E-state index is -0.890. The van der Waals surface area contributed by atoms with Gasteiger partial charge in [-0.1, -0.05) is 36.9 Å². The molecule has 14 heteroatoms. The van der Waals surface area contributed by atoms with Crippen LogP contribution in [0.4, 0.5) is 13.6 Å². The van der Waals surface area contributed by atoms with Gasteiger partial charge in [0, 0.05) is 12.5 Å². The average Bonchev–Trinajstić information content (AvgIpc) is 3.34. The first-order valence-electron chi connectivity index (χ1n) is 12.6. The van der Waals surface area contributed by atoms with Crippen LogP contribution < -0.4 is 17.2 Å². The first-order valence-corrected chi connectivity index (χ1v) is 12.6. The fraction of sp³-hybridized carbons (Fsp3) is 0.138. The van der Waals surface area contributed by atoms with Crippen LogP contribution in [0.5, 0.6) is 0 Å². The van der Waals surface area contributed by atoms with Crippen LogP contribution in [0.3, 0.4) is 0 Å². The zero-order chi connectivity index (χ0) is 31.3. The van der Waals surface area contributed by atoms with Gasteiger partial charge in [-0.15, -0.1) is 0 Å². The van der Waals surface area contributed by atoms with Gasteiger partial charge in [0.25, 0.3) is 0 Å². The van der Waals surface area contributed by atoms with Gasteiger partial charge in [-0.2, -0.15) is 5.10 Å². The number of amides is 1. The number of fused-ring (bicyclic) bond motifs is 1. The van der Waals surface area contributed by atoms with E-state index in [1.807, 2.05) is 0 Å². The van der Waals surface area contributed by atoms with Crippen molar-refractivity contribution in [2.45, 2.75) is 13.0 Å². The van der Waals surface area contributed by atoms with Crippen LogP contribution in [0.1, 0.15) is 27.2 Å². The smallest absolute Gasteiger partial charge is 0.414 e. The maximum atomic E-state index is 14.4. The maximum absolute atomic E-state index is 14.4. The molecule has 0 fully saturated rings. The van der Waals surface area contributed by atoms with E-state index in [1.54, 1.807) is 30.3 Å². The monoisotopic (exact) mass is 590 g/mol. The molecule has 0 atom stereocenters. The Balaban J connectivity index is 1.73. The van der Waals surface area contributed by atoms with E-state index in [2.05, 4.69) is 21.7 Å². The molecule has 0 aliphatic rings. The van der Waals surface area contributed by atoms with Crippen LogP contribution in [0.25, 0.3) is 16.9 Å². The molecule has 0 saturated carbocycles. The number of amidine groups is 1. The summed E-state index contributed by atoms with van der Waals surface area (Å²) in [5.41, 5.74) is 19.8. The zero-order valence-corrected chi connectivity index (χ0v) is 23.3. The van der Waals surface area contributed by atoms with Crippen molar-refractivity contribution in [3.63, 3.8) is 0 Å². The van der Waals surface area contributed by atoms with Gasteiger partial charge < -0.3 is 26.7 Å². The maximum Gasteiger partial charge on any atom is 0.414 e. The molecule has 0 radical (unpaired) electrons. The lowest BCUT2D eigenvalue weighted by Crippen LogP contribution is -2.39. The Bertz CT molecular complexity index is 1780. The predicted octanol–water partition coefficient (Wildman–Crippen LogP) is 3.23. The van der Waals surface area contributed by atoms with E-state index < -0.39 is 23.7 Å². The van der Waals surface area contributed by atoms with Crippen molar-refractivity contribution in [3.8, 4) is 0 Å². The van der Waals surface area contributed by atoms with Crippen LogP contribution in [-0.4, -0.2) is 51.8 Å². The number of aliphatic imine (C=N–C) groups is 1. The number of methoxy groups -OCH3 is 2. The van der Waals surface area contributed by atoms with Gasteiger partial charge in [-0.25, -0.2) is 33.0 Å². The molecule has 43 heavy (non-hydrogen) atoms. The summed E-state index contributed by atoms with van der Waals surface area (Å²) in [7, 11) is 2.39. The molecular formula is C29H28F2N8O4. The summed E-state index contributed by atoms with van der Waals surface area (Å²) in [5.74, 6) is -2.55. The fourth-order valence-corrected chi connectivity index (χ4v) is 4.30. The van der Waals surface area contributed by atoms with E-state index in [9.17, 15) is 18.4 Å². The second-order valence-corrected chi connectivity index (χ2v) is 9.11. The van der Waals surface area contributed by atoms with Gasteiger partial charge in [0.05, 0.1) is 43.7 Å². The first kappa shape index (κ1) is 30.2. The highest BCUT2D eigenvalue weighted by molar-refractivity contribution is 6.02. The van der Waals surface area contributed by atoms with Crippen LogP contribution in [0.15, 0.2) is 83.9 Å². The lowest BCUT2D eigenvalue weighted by molar-refractivity contribution is 0.0600. The van der Waals surface area contributed by atoms with Crippen molar-refractivity contribution in [1.29, 1.82) is 0 Å². The quantitative estimate of drug-likeness (QED) is 0.150. The summed E-state index contributed by atoms with van der Waals surface area (Å²) in [6.45, 7) is 3.71. The van der Waals surface area contributed by atoms with Gasteiger partial charge >= 0.3 is 12.1 Å². The van der Waals surface area contributed by atoms with Gasteiger partial charge in [-0.3, -0.25) is 4.90 Å². The van der Waals surface area contributed by atoms with Crippen molar-refractivity contribution in [1.82, 2.24) is 19.7 Å². The Morgan fingerprint density at radius 3 is 2.47 bits per heavy atom. The molecule has 0 aliphatic heterocycles. The number of carbonyl (C=O) groups is 2. The number of pyridine rings is 1. The summed E-state index contributed by atoms with van der Waals surface area (Å²) in [6.07, 6.45) is 0.167. The number of rotatable bonds is 9. The topological polar surface area (TPSA) is 177 Å².